The number of halogens is 2. The Morgan fingerprint density at radius 1 is 1.06 bits per heavy atom. The van der Waals surface area contributed by atoms with Gasteiger partial charge in [0, 0.05) is 37.0 Å². The van der Waals surface area contributed by atoms with E-state index < -0.39 is 17.0 Å². The third-order valence-electron chi connectivity index (χ3n) is 5.74. The predicted molar refractivity (Wildman–Crippen MR) is 113 cm³/mol. The first-order valence-electron chi connectivity index (χ1n) is 10.4. The highest BCUT2D eigenvalue weighted by Crippen LogP contribution is 2.35. The van der Waals surface area contributed by atoms with Crippen LogP contribution in [-0.2, 0) is 13.0 Å². The van der Waals surface area contributed by atoms with Crippen LogP contribution in [0.4, 0.5) is 8.78 Å². The number of piperidine rings is 1. The van der Waals surface area contributed by atoms with Crippen LogP contribution < -0.4 is 4.74 Å². The second-order valence-corrected chi connectivity index (χ2v) is 8.16. The zero-order chi connectivity index (χ0) is 21.7. The van der Waals surface area contributed by atoms with E-state index in [9.17, 15) is 13.9 Å². The Hall–Kier alpha value is -2.90. The van der Waals surface area contributed by atoms with Crippen LogP contribution in [0.15, 0.2) is 60.9 Å². The van der Waals surface area contributed by atoms with Crippen molar-refractivity contribution in [1.29, 1.82) is 0 Å². The maximum atomic E-state index is 14.2. The van der Waals surface area contributed by atoms with Gasteiger partial charge in [0.05, 0.1) is 6.61 Å². The minimum Gasteiger partial charge on any atom is -0.424 e. The smallest absolute Gasteiger partial charge is 0.321 e. The molecule has 4 rings (SSSR count). The topological polar surface area (TPSA) is 58.5 Å². The summed E-state index contributed by atoms with van der Waals surface area (Å²) < 4.78 is 33.1. The zero-order valence-electron chi connectivity index (χ0n) is 17.2. The summed E-state index contributed by atoms with van der Waals surface area (Å²) in [7, 11) is 0. The van der Waals surface area contributed by atoms with E-state index in [1.165, 1.54) is 12.1 Å². The highest BCUT2D eigenvalue weighted by Gasteiger charge is 2.35. The maximum absolute atomic E-state index is 14.2. The van der Waals surface area contributed by atoms with Crippen LogP contribution in [0.25, 0.3) is 0 Å². The van der Waals surface area contributed by atoms with Crippen molar-refractivity contribution in [3.63, 3.8) is 0 Å². The first-order valence-corrected chi connectivity index (χ1v) is 10.4. The van der Waals surface area contributed by atoms with Gasteiger partial charge in [0.1, 0.15) is 17.4 Å². The first-order chi connectivity index (χ1) is 15.0. The van der Waals surface area contributed by atoms with E-state index in [1.54, 1.807) is 18.5 Å². The summed E-state index contributed by atoms with van der Waals surface area (Å²) in [6, 6.07) is 13.4. The number of aliphatic hydroxyl groups is 1. The molecule has 1 fully saturated rings. The molecule has 2 aromatic carbocycles. The molecule has 7 heteroatoms. The van der Waals surface area contributed by atoms with Crippen molar-refractivity contribution in [2.45, 2.75) is 25.8 Å². The molecule has 0 aliphatic carbocycles. The summed E-state index contributed by atoms with van der Waals surface area (Å²) in [6.07, 6.45) is 5.35. The van der Waals surface area contributed by atoms with Gasteiger partial charge >= 0.3 is 6.01 Å². The van der Waals surface area contributed by atoms with Crippen molar-refractivity contribution in [3.8, 4) is 11.8 Å². The SMILES string of the molecule is OCC1(Cc2ccc(F)cc2F)CCCN(Cc2ccc(Oc3ncccn3)cc2)C1. The third-order valence-corrected chi connectivity index (χ3v) is 5.74. The lowest BCUT2D eigenvalue weighted by Gasteiger charge is -2.42. The molecule has 0 bridgehead atoms. The fraction of sp³-hybridized carbons (Fsp3) is 0.333. The Kier molecular flexibility index (Phi) is 6.53. The summed E-state index contributed by atoms with van der Waals surface area (Å²) in [4.78, 5) is 10.4. The number of ether oxygens (including phenoxy) is 1. The summed E-state index contributed by atoms with van der Waals surface area (Å²) in [5.74, 6) is -0.483. The van der Waals surface area contributed by atoms with Crippen LogP contribution >= 0.6 is 0 Å². The maximum Gasteiger partial charge on any atom is 0.321 e. The molecular formula is C24H25F2N3O2. The van der Waals surface area contributed by atoms with Crippen molar-refractivity contribution in [2.75, 3.05) is 19.7 Å². The van der Waals surface area contributed by atoms with Gasteiger partial charge in [-0.1, -0.05) is 18.2 Å². The van der Waals surface area contributed by atoms with Gasteiger partial charge in [0.2, 0.25) is 0 Å². The molecule has 1 unspecified atom stereocenters. The van der Waals surface area contributed by atoms with Crippen molar-refractivity contribution in [3.05, 3.63) is 83.7 Å². The molecule has 0 saturated carbocycles. The van der Waals surface area contributed by atoms with E-state index in [4.69, 9.17) is 4.74 Å². The van der Waals surface area contributed by atoms with Crippen molar-refractivity contribution in [1.82, 2.24) is 14.9 Å². The number of hydrogen-bond acceptors (Lipinski definition) is 5. The summed E-state index contributed by atoms with van der Waals surface area (Å²) in [5, 5.41) is 10.2. The monoisotopic (exact) mass is 425 g/mol. The first kappa shape index (κ1) is 21.3. The quantitative estimate of drug-likeness (QED) is 0.609. The van der Waals surface area contributed by atoms with E-state index in [-0.39, 0.29) is 6.61 Å². The molecule has 5 nitrogen and oxygen atoms in total. The summed E-state index contributed by atoms with van der Waals surface area (Å²) >= 11 is 0. The Labute approximate surface area is 180 Å². The van der Waals surface area contributed by atoms with Gasteiger partial charge in [0.15, 0.2) is 0 Å². The van der Waals surface area contributed by atoms with Gasteiger partial charge < -0.3 is 9.84 Å². The second kappa shape index (κ2) is 9.49. The normalized spacial score (nSPS) is 19.3. The average molecular weight is 425 g/mol. The van der Waals surface area contributed by atoms with E-state index in [1.807, 2.05) is 24.3 Å². The molecule has 1 N–H and O–H groups in total. The largest absolute Gasteiger partial charge is 0.424 e. The zero-order valence-corrected chi connectivity index (χ0v) is 17.2. The fourth-order valence-corrected chi connectivity index (χ4v) is 4.21. The van der Waals surface area contributed by atoms with Gasteiger partial charge in [-0.3, -0.25) is 4.90 Å². The van der Waals surface area contributed by atoms with Crippen LogP contribution in [0.1, 0.15) is 24.0 Å². The third kappa shape index (κ3) is 5.42. The van der Waals surface area contributed by atoms with E-state index in [0.717, 1.165) is 37.6 Å². The lowest BCUT2D eigenvalue weighted by Crippen LogP contribution is -2.46. The Bertz CT molecular complexity index is 1000. The van der Waals surface area contributed by atoms with Gasteiger partial charge in [-0.15, -0.1) is 0 Å². The molecular weight excluding hydrogens is 400 g/mol. The number of likely N-dealkylation sites (tertiary alicyclic amines) is 1. The lowest BCUT2D eigenvalue weighted by molar-refractivity contribution is 0.0282. The van der Waals surface area contributed by atoms with Gasteiger partial charge in [-0.2, -0.15) is 0 Å². The molecule has 2 heterocycles. The average Bonchev–Trinajstić information content (AvgIpc) is 2.78. The van der Waals surface area contributed by atoms with Gasteiger partial charge in [0.25, 0.3) is 0 Å². The molecule has 1 aromatic heterocycles. The summed E-state index contributed by atoms with van der Waals surface area (Å²) in [6.45, 7) is 2.24. The van der Waals surface area contributed by atoms with Crippen LogP contribution in [0.5, 0.6) is 11.8 Å². The molecule has 1 aliphatic rings. The number of rotatable bonds is 7. The highest BCUT2D eigenvalue weighted by molar-refractivity contribution is 5.29. The van der Waals surface area contributed by atoms with E-state index >= 15 is 0 Å². The minimum atomic E-state index is -0.587. The van der Waals surface area contributed by atoms with Crippen LogP contribution in [0.2, 0.25) is 0 Å². The number of aliphatic hydroxyl groups excluding tert-OH is 1. The van der Waals surface area contributed by atoms with Crippen LogP contribution in [0.3, 0.4) is 0 Å². The molecule has 3 aromatic rings. The van der Waals surface area contributed by atoms with E-state index in [0.29, 0.717) is 30.3 Å². The van der Waals surface area contributed by atoms with Crippen molar-refractivity contribution in [2.24, 2.45) is 5.41 Å². The fourth-order valence-electron chi connectivity index (χ4n) is 4.21. The Balaban J connectivity index is 1.40. The van der Waals surface area contributed by atoms with Crippen LogP contribution in [-0.4, -0.2) is 39.7 Å². The molecule has 162 valence electrons. The standard InChI is InChI=1S/C24H25F2N3O2/c25-20-6-5-19(22(26)13-20)14-24(17-30)9-1-12-29(16-24)15-18-3-7-21(8-4-18)31-23-27-10-2-11-28-23/h2-8,10-11,13,30H,1,9,12,14-17H2. The Morgan fingerprint density at radius 2 is 1.84 bits per heavy atom. The van der Waals surface area contributed by atoms with Crippen LogP contribution in [0, 0.1) is 17.0 Å². The van der Waals surface area contributed by atoms with Crippen molar-refractivity contribution >= 4 is 0 Å². The molecule has 1 saturated heterocycles. The highest BCUT2D eigenvalue weighted by atomic mass is 19.1. The number of aromatic nitrogens is 2. The molecule has 1 aliphatic heterocycles. The predicted octanol–water partition coefficient (Wildman–Crippen LogP) is 4.36. The van der Waals surface area contributed by atoms with E-state index in [2.05, 4.69) is 14.9 Å². The second-order valence-electron chi connectivity index (χ2n) is 8.16. The molecule has 0 spiro atoms. The summed E-state index contributed by atoms with van der Waals surface area (Å²) in [5.41, 5.74) is 1.12. The number of hydrogen-bond donors (Lipinski definition) is 1. The molecule has 1 atom stereocenters. The minimum absolute atomic E-state index is 0.0375. The Morgan fingerprint density at radius 3 is 2.55 bits per heavy atom. The van der Waals surface area contributed by atoms with Gasteiger partial charge in [-0.05, 0) is 61.2 Å². The molecule has 0 amide bonds. The van der Waals surface area contributed by atoms with Gasteiger partial charge in [-0.25, -0.2) is 18.7 Å². The molecule has 31 heavy (non-hydrogen) atoms. The van der Waals surface area contributed by atoms with Crippen molar-refractivity contribution < 1.29 is 18.6 Å². The lowest BCUT2D eigenvalue weighted by atomic mass is 9.75. The number of nitrogens with zero attached hydrogens (tertiary/aromatic N) is 3. The number of benzene rings is 2. The molecule has 0 radical (unpaired) electrons.